The zero-order chi connectivity index (χ0) is 15.3. The molecule has 0 radical (unpaired) electrons. The van der Waals surface area contributed by atoms with Crippen LogP contribution >= 0.6 is 11.8 Å². The smallest absolute Gasteiger partial charge is 0.313 e. The van der Waals surface area contributed by atoms with Crippen molar-refractivity contribution in [1.29, 1.82) is 0 Å². The van der Waals surface area contributed by atoms with Crippen molar-refractivity contribution in [3.63, 3.8) is 0 Å². The molecule has 1 aliphatic heterocycles. The van der Waals surface area contributed by atoms with Crippen molar-refractivity contribution in [2.24, 2.45) is 0 Å². The van der Waals surface area contributed by atoms with Gasteiger partial charge in [0.05, 0.1) is 22.8 Å². The van der Waals surface area contributed by atoms with Gasteiger partial charge in [-0.05, 0) is 26.2 Å². The van der Waals surface area contributed by atoms with Crippen molar-refractivity contribution < 1.29 is 18.3 Å². The molecule has 1 aromatic heterocycles. The van der Waals surface area contributed by atoms with Gasteiger partial charge in [-0.1, -0.05) is 11.8 Å². The highest BCUT2D eigenvalue weighted by Crippen LogP contribution is 2.44. The average molecular weight is 331 g/mol. The molecule has 116 valence electrons. The Morgan fingerprint density at radius 3 is 2.71 bits per heavy atom. The van der Waals surface area contributed by atoms with Gasteiger partial charge in [0.15, 0.2) is 15.0 Å². The van der Waals surface area contributed by atoms with Crippen LogP contribution in [0.1, 0.15) is 37.9 Å². The first-order valence-electron chi connectivity index (χ1n) is 6.82. The van der Waals surface area contributed by atoms with E-state index in [4.69, 9.17) is 5.11 Å². The highest BCUT2D eigenvalue weighted by atomic mass is 32.2. The first-order chi connectivity index (χ1) is 9.81. The lowest BCUT2D eigenvalue weighted by molar-refractivity contribution is -0.133. The maximum atomic E-state index is 11.9. The zero-order valence-electron chi connectivity index (χ0n) is 11.7. The van der Waals surface area contributed by atoms with Gasteiger partial charge < -0.3 is 5.11 Å². The Labute approximate surface area is 127 Å². The van der Waals surface area contributed by atoms with Crippen LogP contribution in [0.2, 0.25) is 0 Å². The third-order valence-electron chi connectivity index (χ3n) is 3.95. The van der Waals surface area contributed by atoms with E-state index in [-0.39, 0.29) is 17.3 Å². The maximum Gasteiger partial charge on any atom is 0.313 e. The normalized spacial score (nSPS) is 27.9. The Morgan fingerprint density at radius 2 is 2.19 bits per heavy atom. The molecule has 1 saturated heterocycles. The van der Waals surface area contributed by atoms with Gasteiger partial charge in [0, 0.05) is 5.92 Å². The summed E-state index contributed by atoms with van der Waals surface area (Å²) >= 11 is 1.10. The number of hydrogen-bond acceptors (Lipinski definition) is 6. The van der Waals surface area contributed by atoms with Crippen LogP contribution in [0.15, 0.2) is 5.16 Å². The number of thioether (sulfide) groups is 1. The van der Waals surface area contributed by atoms with Gasteiger partial charge in [-0.2, -0.15) is 0 Å². The molecule has 1 N–H and O–H groups in total. The Morgan fingerprint density at radius 1 is 1.48 bits per heavy atom. The van der Waals surface area contributed by atoms with Crippen LogP contribution in [0, 0.1) is 0 Å². The van der Waals surface area contributed by atoms with Crippen molar-refractivity contribution >= 4 is 27.6 Å². The number of sulfone groups is 1. The molecule has 0 aromatic carbocycles. The standard InChI is InChI=1S/C12H17N3O4S2/c1-12(4-5-21(18,19)7-12)15-10(8-2-3-8)13-14-11(15)20-6-9(16)17/h8H,2-7H2,1H3,(H,16,17). The molecular formula is C12H17N3O4S2. The fourth-order valence-electron chi connectivity index (χ4n) is 2.78. The van der Waals surface area contributed by atoms with E-state index in [0.29, 0.717) is 17.5 Å². The third kappa shape index (κ3) is 2.94. The second kappa shape index (κ2) is 4.98. The van der Waals surface area contributed by atoms with E-state index in [1.807, 2.05) is 11.5 Å². The topological polar surface area (TPSA) is 102 Å². The van der Waals surface area contributed by atoms with Gasteiger partial charge in [-0.25, -0.2) is 8.42 Å². The molecule has 1 aliphatic carbocycles. The fourth-order valence-corrected chi connectivity index (χ4v) is 5.69. The molecule has 0 amide bonds. The van der Waals surface area contributed by atoms with Crippen molar-refractivity contribution in [2.75, 3.05) is 17.3 Å². The summed E-state index contributed by atoms with van der Waals surface area (Å²) in [6.45, 7) is 1.90. The predicted molar refractivity (Wildman–Crippen MR) is 77.3 cm³/mol. The van der Waals surface area contributed by atoms with Crippen LogP contribution in [0.4, 0.5) is 0 Å². The number of nitrogens with zero attached hydrogens (tertiary/aromatic N) is 3. The molecule has 2 fully saturated rings. The molecule has 1 aromatic rings. The summed E-state index contributed by atoms with van der Waals surface area (Å²) in [5, 5.41) is 17.6. The molecule has 0 spiro atoms. The first kappa shape index (κ1) is 14.8. The van der Waals surface area contributed by atoms with E-state index in [9.17, 15) is 13.2 Å². The lowest BCUT2D eigenvalue weighted by Gasteiger charge is -2.27. The minimum atomic E-state index is -3.05. The number of carboxylic acid groups (broad SMARTS) is 1. The van der Waals surface area contributed by atoms with E-state index >= 15 is 0 Å². The van der Waals surface area contributed by atoms with E-state index in [0.717, 1.165) is 30.4 Å². The molecule has 21 heavy (non-hydrogen) atoms. The number of carboxylic acids is 1. The van der Waals surface area contributed by atoms with Crippen molar-refractivity contribution in [1.82, 2.24) is 14.8 Å². The molecule has 1 atom stereocenters. The lowest BCUT2D eigenvalue weighted by atomic mass is 10.0. The Bertz CT molecular complexity index is 681. The maximum absolute atomic E-state index is 11.9. The quantitative estimate of drug-likeness (QED) is 0.798. The van der Waals surface area contributed by atoms with Gasteiger partial charge in [0.2, 0.25) is 0 Å². The molecule has 1 unspecified atom stereocenters. The summed E-state index contributed by atoms with van der Waals surface area (Å²) in [4.78, 5) is 10.8. The third-order valence-corrected chi connectivity index (χ3v) is 6.75. The van der Waals surface area contributed by atoms with Gasteiger partial charge in [0.1, 0.15) is 5.82 Å². The summed E-state index contributed by atoms with van der Waals surface area (Å²) in [6.07, 6.45) is 2.59. The molecule has 9 heteroatoms. The zero-order valence-corrected chi connectivity index (χ0v) is 13.3. The van der Waals surface area contributed by atoms with Crippen LogP contribution in [0.25, 0.3) is 0 Å². The van der Waals surface area contributed by atoms with Crippen LogP contribution in [-0.4, -0.2) is 51.5 Å². The average Bonchev–Trinajstić information content (AvgIpc) is 3.06. The SMILES string of the molecule is CC1(n2c(SCC(=O)O)nnc2C2CC2)CCS(=O)(=O)C1. The summed E-state index contributed by atoms with van der Waals surface area (Å²) in [6, 6.07) is 0. The molecule has 2 aliphatic rings. The Balaban J connectivity index is 1.98. The molecule has 0 bridgehead atoms. The Kier molecular flexibility index (Phi) is 3.52. The van der Waals surface area contributed by atoms with Crippen LogP contribution in [0.5, 0.6) is 0 Å². The predicted octanol–water partition coefficient (Wildman–Crippen LogP) is 0.866. The lowest BCUT2D eigenvalue weighted by Crippen LogP contribution is -2.33. The van der Waals surface area contributed by atoms with Crippen molar-refractivity contribution in [2.45, 2.75) is 42.8 Å². The second-order valence-electron chi connectivity index (χ2n) is 5.97. The molecular weight excluding hydrogens is 314 g/mol. The summed E-state index contributed by atoms with van der Waals surface area (Å²) in [5.74, 6) is 0.338. The number of aliphatic carboxylic acids is 1. The van der Waals surface area contributed by atoms with Crippen molar-refractivity contribution in [3.05, 3.63) is 5.82 Å². The van der Waals surface area contributed by atoms with E-state index in [2.05, 4.69) is 10.2 Å². The summed E-state index contributed by atoms with van der Waals surface area (Å²) < 4.78 is 25.6. The molecule has 1 saturated carbocycles. The summed E-state index contributed by atoms with van der Waals surface area (Å²) in [7, 11) is -3.05. The van der Waals surface area contributed by atoms with E-state index in [1.54, 1.807) is 0 Å². The second-order valence-corrected chi connectivity index (χ2v) is 9.10. The number of aromatic nitrogens is 3. The molecule has 7 nitrogen and oxygen atoms in total. The minimum absolute atomic E-state index is 0.0678. The van der Waals surface area contributed by atoms with Crippen LogP contribution in [-0.2, 0) is 20.2 Å². The van der Waals surface area contributed by atoms with Gasteiger partial charge >= 0.3 is 5.97 Å². The van der Waals surface area contributed by atoms with Crippen molar-refractivity contribution in [3.8, 4) is 0 Å². The van der Waals surface area contributed by atoms with E-state index < -0.39 is 21.3 Å². The Hall–Kier alpha value is -1.09. The van der Waals surface area contributed by atoms with Crippen LogP contribution < -0.4 is 0 Å². The number of carbonyl (C=O) groups is 1. The van der Waals surface area contributed by atoms with Gasteiger partial charge in [-0.3, -0.25) is 9.36 Å². The largest absolute Gasteiger partial charge is 0.481 e. The number of hydrogen-bond donors (Lipinski definition) is 1. The highest BCUT2D eigenvalue weighted by molar-refractivity contribution is 7.99. The first-order valence-corrected chi connectivity index (χ1v) is 9.62. The molecule has 3 rings (SSSR count). The van der Waals surface area contributed by atoms with Gasteiger partial charge in [-0.15, -0.1) is 10.2 Å². The molecule has 2 heterocycles. The van der Waals surface area contributed by atoms with E-state index in [1.165, 1.54) is 0 Å². The number of rotatable bonds is 5. The van der Waals surface area contributed by atoms with Crippen LogP contribution in [0.3, 0.4) is 0 Å². The summed E-state index contributed by atoms with van der Waals surface area (Å²) in [5.41, 5.74) is -0.568. The van der Waals surface area contributed by atoms with Gasteiger partial charge in [0.25, 0.3) is 0 Å². The monoisotopic (exact) mass is 331 g/mol. The highest BCUT2D eigenvalue weighted by Gasteiger charge is 2.44. The minimum Gasteiger partial charge on any atom is -0.481 e. The fraction of sp³-hybridized carbons (Fsp3) is 0.750.